The molecule has 0 bridgehead atoms. The molecule has 1 fully saturated rings. The Balaban J connectivity index is 1.90. The van der Waals surface area contributed by atoms with Crippen molar-refractivity contribution >= 4 is 31.9 Å². The quantitative estimate of drug-likeness (QED) is 0.849. The van der Waals surface area contributed by atoms with E-state index in [9.17, 15) is 5.11 Å². The van der Waals surface area contributed by atoms with E-state index in [1.54, 1.807) is 0 Å². The maximum Gasteiger partial charge on any atom is 0.143 e. The third-order valence-corrected chi connectivity index (χ3v) is 4.60. The lowest BCUT2D eigenvalue weighted by Gasteiger charge is -2.29. The number of piperidine rings is 1. The first-order valence-corrected chi connectivity index (χ1v) is 7.73. The summed E-state index contributed by atoms with van der Waals surface area (Å²) >= 11 is 6.71. The predicted octanol–water partition coefficient (Wildman–Crippen LogP) is 3.10. The van der Waals surface area contributed by atoms with E-state index < -0.39 is 0 Å². The van der Waals surface area contributed by atoms with Gasteiger partial charge in [-0.3, -0.25) is 0 Å². The Morgan fingerprint density at radius 1 is 1.28 bits per heavy atom. The van der Waals surface area contributed by atoms with E-state index in [2.05, 4.69) is 49.1 Å². The maximum atomic E-state index is 9.66. The third kappa shape index (κ3) is 3.70. The molecule has 0 spiro atoms. The summed E-state index contributed by atoms with van der Waals surface area (Å²) in [5.74, 6) is 0.262. The van der Waals surface area contributed by atoms with Crippen molar-refractivity contribution in [2.75, 3.05) is 20.1 Å². The molecule has 0 saturated carbocycles. The van der Waals surface area contributed by atoms with Gasteiger partial charge in [0.25, 0.3) is 0 Å². The van der Waals surface area contributed by atoms with Crippen molar-refractivity contribution in [3.8, 4) is 5.75 Å². The maximum absolute atomic E-state index is 9.66. The summed E-state index contributed by atoms with van der Waals surface area (Å²) < 4.78 is 1.47. The summed E-state index contributed by atoms with van der Waals surface area (Å²) in [6.07, 6.45) is 2.41. The molecule has 0 unspecified atom stereocenters. The molecule has 1 aliphatic rings. The summed E-state index contributed by atoms with van der Waals surface area (Å²) in [6, 6.07) is 4.52. The second-order valence-corrected chi connectivity index (χ2v) is 6.58. The minimum Gasteiger partial charge on any atom is -0.506 e. The van der Waals surface area contributed by atoms with Crippen LogP contribution in [0.1, 0.15) is 18.4 Å². The van der Waals surface area contributed by atoms with Crippen LogP contribution in [0.4, 0.5) is 0 Å². The zero-order valence-corrected chi connectivity index (χ0v) is 13.6. The molecule has 100 valence electrons. The molecule has 18 heavy (non-hydrogen) atoms. The molecule has 0 aliphatic carbocycles. The number of nitrogens with one attached hydrogen (secondary N) is 1. The van der Waals surface area contributed by atoms with Crippen LogP contribution in [-0.2, 0) is 6.54 Å². The largest absolute Gasteiger partial charge is 0.506 e. The van der Waals surface area contributed by atoms with Crippen LogP contribution in [0.15, 0.2) is 21.1 Å². The van der Waals surface area contributed by atoms with Gasteiger partial charge < -0.3 is 15.3 Å². The van der Waals surface area contributed by atoms with Crippen molar-refractivity contribution in [2.45, 2.75) is 25.4 Å². The predicted molar refractivity (Wildman–Crippen MR) is 80.9 cm³/mol. The van der Waals surface area contributed by atoms with Crippen molar-refractivity contribution in [3.05, 3.63) is 26.6 Å². The normalized spacial score (nSPS) is 18.2. The van der Waals surface area contributed by atoms with Gasteiger partial charge in [-0.1, -0.05) is 0 Å². The zero-order valence-electron chi connectivity index (χ0n) is 10.4. The molecule has 1 saturated heterocycles. The number of halogens is 2. The number of likely N-dealkylation sites (tertiary alicyclic amines) is 1. The van der Waals surface area contributed by atoms with E-state index in [1.807, 2.05) is 12.1 Å². The van der Waals surface area contributed by atoms with Crippen molar-refractivity contribution in [1.29, 1.82) is 0 Å². The van der Waals surface area contributed by atoms with Gasteiger partial charge in [0, 0.05) is 12.6 Å². The molecular weight excluding hydrogens is 360 g/mol. The van der Waals surface area contributed by atoms with E-state index in [0.29, 0.717) is 6.04 Å². The molecule has 0 amide bonds. The van der Waals surface area contributed by atoms with Crippen LogP contribution in [0.3, 0.4) is 0 Å². The molecule has 1 aromatic carbocycles. The van der Waals surface area contributed by atoms with Gasteiger partial charge in [0.15, 0.2) is 0 Å². The van der Waals surface area contributed by atoms with E-state index in [-0.39, 0.29) is 5.75 Å². The molecule has 3 nitrogen and oxygen atoms in total. The molecular formula is C13H18Br2N2O. The molecule has 2 N–H and O–H groups in total. The van der Waals surface area contributed by atoms with Gasteiger partial charge in [-0.05, 0) is 82.5 Å². The van der Waals surface area contributed by atoms with Gasteiger partial charge in [0.05, 0.1) is 8.95 Å². The highest BCUT2D eigenvalue weighted by Crippen LogP contribution is 2.33. The molecule has 1 heterocycles. The van der Waals surface area contributed by atoms with Gasteiger partial charge in [-0.15, -0.1) is 0 Å². The number of benzene rings is 1. The lowest BCUT2D eigenvalue weighted by atomic mass is 10.1. The summed E-state index contributed by atoms with van der Waals surface area (Å²) in [5.41, 5.74) is 1.17. The van der Waals surface area contributed by atoms with Crippen LogP contribution in [0, 0.1) is 0 Å². The number of hydrogen-bond acceptors (Lipinski definition) is 3. The standard InChI is InChI=1S/C13H18Br2N2O/c1-17-4-2-10(3-5-17)16-8-9-6-11(14)13(18)12(15)7-9/h6-7,10,16,18H,2-5,8H2,1H3. The van der Waals surface area contributed by atoms with E-state index in [1.165, 1.54) is 31.5 Å². The fraction of sp³-hybridized carbons (Fsp3) is 0.538. The smallest absolute Gasteiger partial charge is 0.143 e. The Morgan fingerprint density at radius 2 is 1.83 bits per heavy atom. The minimum absolute atomic E-state index is 0.262. The first-order chi connectivity index (χ1) is 8.56. The van der Waals surface area contributed by atoms with Gasteiger partial charge in [0.2, 0.25) is 0 Å². The van der Waals surface area contributed by atoms with E-state index in [4.69, 9.17) is 0 Å². The Kier molecular flexibility index (Phi) is 5.06. The average molecular weight is 378 g/mol. The number of phenols is 1. The van der Waals surface area contributed by atoms with Crippen molar-refractivity contribution in [1.82, 2.24) is 10.2 Å². The van der Waals surface area contributed by atoms with Crippen LogP contribution in [0.2, 0.25) is 0 Å². The van der Waals surface area contributed by atoms with Crippen molar-refractivity contribution < 1.29 is 5.11 Å². The number of hydrogen-bond donors (Lipinski definition) is 2. The monoisotopic (exact) mass is 376 g/mol. The van der Waals surface area contributed by atoms with Gasteiger partial charge in [-0.25, -0.2) is 0 Å². The number of nitrogens with zero attached hydrogens (tertiary/aromatic N) is 1. The van der Waals surface area contributed by atoms with Crippen LogP contribution >= 0.6 is 31.9 Å². The first kappa shape index (κ1) is 14.3. The highest BCUT2D eigenvalue weighted by molar-refractivity contribution is 9.11. The fourth-order valence-corrected chi connectivity index (χ4v) is 3.48. The first-order valence-electron chi connectivity index (χ1n) is 6.15. The lowest BCUT2D eigenvalue weighted by Crippen LogP contribution is -2.40. The van der Waals surface area contributed by atoms with Crippen LogP contribution < -0.4 is 5.32 Å². The van der Waals surface area contributed by atoms with Crippen molar-refractivity contribution in [3.63, 3.8) is 0 Å². The topological polar surface area (TPSA) is 35.5 Å². The SMILES string of the molecule is CN1CCC(NCc2cc(Br)c(O)c(Br)c2)CC1. The molecule has 1 aromatic rings. The summed E-state index contributed by atoms with van der Waals surface area (Å²) in [7, 11) is 2.17. The van der Waals surface area contributed by atoms with Gasteiger partial charge in [0.1, 0.15) is 5.75 Å². The van der Waals surface area contributed by atoms with Crippen LogP contribution in [-0.4, -0.2) is 36.2 Å². The summed E-state index contributed by atoms with van der Waals surface area (Å²) in [6.45, 7) is 3.17. The Bertz CT molecular complexity index is 394. The average Bonchev–Trinajstić information content (AvgIpc) is 2.35. The van der Waals surface area contributed by atoms with Crippen molar-refractivity contribution in [2.24, 2.45) is 0 Å². The summed E-state index contributed by atoms with van der Waals surface area (Å²) in [5, 5.41) is 13.2. The van der Waals surface area contributed by atoms with E-state index in [0.717, 1.165) is 15.5 Å². The highest BCUT2D eigenvalue weighted by Gasteiger charge is 2.16. The van der Waals surface area contributed by atoms with Gasteiger partial charge >= 0.3 is 0 Å². The molecule has 5 heteroatoms. The van der Waals surface area contributed by atoms with Crippen LogP contribution in [0.5, 0.6) is 5.75 Å². The molecule has 0 aromatic heterocycles. The Morgan fingerprint density at radius 3 is 2.39 bits per heavy atom. The summed E-state index contributed by atoms with van der Waals surface area (Å²) in [4.78, 5) is 2.37. The lowest BCUT2D eigenvalue weighted by molar-refractivity contribution is 0.234. The third-order valence-electron chi connectivity index (χ3n) is 3.39. The second-order valence-electron chi connectivity index (χ2n) is 4.87. The molecule has 0 atom stereocenters. The van der Waals surface area contributed by atoms with E-state index >= 15 is 0 Å². The highest BCUT2D eigenvalue weighted by atomic mass is 79.9. The Labute approximate surface area is 125 Å². The fourth-order valence-electron chi connectivity index (χ4n) is 2.19. The molecule has 2 rings (SSSR count). The number of aromatic hydroxyl groups is 1. The van der Waals surface area contributed by atoms with Gasteiger partial charge in [-0.2, -0.15) is 0 Å². The Hall–Kier alpha value is -0.100. The molecule has 1 aliphatic heterocycles. The number of rotatable bonds is 3. The number of phenolic OH excluding ortho intramolecular Hbond substituents is 1. The zero-order chi connectivity index (χ0) is 13.1. The van der Waals surface area contributed by atoms with Crippen LogP contribution in [0.25, 0.3) is 0 Å². The molecule has 0 radical (unpaired) electrons. The second kappa shape index (κ2) is 6.37. The minimum atomic E-state index is 0.262.